The lowest BCUT2D eigenvalue weighted by molar-refractivity contribution is 0.0939. The lowest BCUT2D eigenvalue weighted by atomic mass is 10.1. The van der Waals surface area contributed by atoms with Gasteiger partial charge in [-0.1, -0.05) is 18.7 Å². The molecule has 26 heavy (non-hydrogen) atoms. The molecule has 0 radical (unpaired) electrons. The van der Waals surface area contributed by atoms with Gasteiger partial charge in [0.25, 0.3) is 5.91 Å². The van der Waals surface area contributed by atoms with Crippen LogP contribution in [0.15, 0.2) is 49.1 Å². The number of amides is 1. The van der Waals surface area contributed by atoms with Crippen molar-refractivity contribution in [2.75, 3.05) is 20.8 Å². The van der Waals surface area contributed by atoms with E-state index >= 15 is 0 Å². The average molecular weight is 359 g/mol. The maximum Gasteiger partial charge on any atom is 0.251 e. The predicted molar refractivity (Wildman–Crippen MR) is 97.5 cm³/mol. The number of carbonyl (C=O) groups excluding carboxylic acids is 1. The van der Waals surface area contributed by atoms with E-state index in [1.807, 2.05) is 0 Å². The lowest BCUT2D eigenvalue weighted by Crippen LogP contribution is -2.26. The molecule has 5 nitrogen and oxygen atoms in total. The molecule has 0 spiro atoms. The molecule has 0 saturated carbocycles. The largest absolute Gasteiger partial charge is 0.494 e. The number of methoxy groups -OCH3 is 2. The van der Waals surface area contributed by atoms with Crippen molar-refractivity contribution >= 4 is 5.91 Å². The van der Waals surface area contributed by atoms with Gasteiger partial charge in [0.05, 0.1) is 20.3 Å². The molecule has 0 saturated heterocycles. The molecule has 1 unspecified atom stereocenters. The van der Waals surface area contributed by atoms with Crippen molar-refractivity contribution in [3.8, 4) is 17.2 Å². The van der Waals surface area contributed by atoms with Crippen molar-refractivity contribution in [3.63, 3.8) is 0 Å². The summed E-state index contributed by atoms with van der Waals surface area (Å²) in [7, 11) is 2.90. The smallest absolute Gasteiger partial charge is 0.251 e. The van der Waals surface area contributed by atoms with Crippen molar-refractivity contribution in [2.24, 2.45) is 0 Å². The number of benzene rings is 2. The first-order valence-corrected chi connectivity index (χ1v) is 8.06. The summed E-state index contributed by atoms with van der Waals surface area (Å²) < 4.78 is 29.5. The summed E-state index contributed by atoms with van der Waals surface area (Å²) in [5.74, 6) is 0.350. The van der Waals surface area contributed by atoms with Crippen molar-refractivity contribution in [3.05, 3.63) is 66.0 Å². The Morgan fingerprint density at radius 2 is 1.85 bits per heavy atom. The Morgan fingerprint density at radius 1 is 1.15 bits per heavy atom. The molecule has 1 N–H and O–H groups in total. The highest BCUT2D eigenvalue weighted by atomic mass is 19.1. The number of rotatable bonds is 8. The molecule has 1 amide bonds. The number of nitrogens with one attached hydrogen (secondary N) is 1. The second kappa shape index (κ2) is 8.89. The van der Waals surface area contributed by atoms with Gasteiger partial charge in [-0.05, 0) is 42.8 Å². The van der Waals surface area contributed by atoms with E-state index in [0.717, 1.165) is 0 Å². The van der Waals surface area contributed by atoms with Crippen LogP contribution >= 0.6 is 0 Å². The van der Waals surface area contributed by atoms with E-state index in [1.165, 1.54) is 26.4 Å². The summed E-state index contributed by atoms with van der Waals surface area (Å²) >= 11 is 0. The Hall–Kier alpha value is -3.02. The molecule has 0 aromatic heterocycles. The first kappa shape index (κ1) is 19.3. The molecule has 2 aromatic carbocycles. The third-order valence-electron chi connectivity index (χ3n) is 3.81. The first-order valence-electron chi connectivity index (χ1n) is 8.06. The predicted octanol–water partition coefficient (Wildman–Crippen LogP) is 3.90. The number of hydrogen-bond acceptors (Lipinski definition) is 4. The van der Waals surface area contributed by atoms with Gasteiger partial charge in [0.1, 0.15) is 6.61 Å². The van der Waals surface area contributed by atoms with Gasteiger partial charge in [0.15, 0.2) is 23.1 Å². The van der Waals surface area contributed by atoms with Gasteiger partial charge in [-0.25, -0.2) is 4.39 Å². The van der Waals surface area contributed by atoms with Crippen LogP contribution in [0.2, 0.25) is 0 Å². The van der Waals surface area contributed by atoms with E-state index in [4.69, 9.17) is 14.2 Å². The molecule has 0 aliphatic rings. The lowest BCUT2D eigenvalue weighted by Gasteiger charge is -2.16. The maximum atomic E-state index is 13.8. The van der Waals surface area contributed by atoms with E-state index < -0.39 is 5.82 Å². The molecule has 6 heteroatoms. The molecule has 0 fully saturated rings. The topological polar surface area (TPSA) is 56.8 Å². The number of hydrogen-bond donors (Lipinski definition) is 1. The van der Waals surface area contributed by atoms with Crippen LogP contribution in [0.5, 0.6) is 17.2 Å². The normalized spacial score (nSPS) is 11.4. The Kier molecular flexibility index (Phi) is 6.60. The van der Waals surface area contributed by atoms with Gasteiger partial charge in [0, 0.05) is 5.56 Å². The highest BCUT2D eigenvalue weighted by Crippen LogP contribution is 2.28. The van der Waals surface area contributed by atoms with Crippen LogP contribution in [0.3, 0.4) is 0 Å². The summed E-state index contributed by atoms with van der Waals surface area (Å²) in [5, 5.41) is 2.83. The Balaban J connectivity index is 2.13. The van der Waals surface area contributed by atoms with E-state index in [0.29, 0.717) is 29.2 Å². The standard InChI is InChI=1S/C20H22FNO4/c1-5-10-26-18-9-7-15(12-19(18)25-4)20(23)22-13(2)14-6-8-17(24-3)16(21)11-14/h5-9,11-13H,1,10H2,2-4H3,(H,22,23). The minimum atomic E-state index is -0.475. The van der Waals surface area contributed by atoms with Crippen molar-refractivity contribution in [2.45, 2.75) is 13.0 Å². The number of ether oxygens (including phenoxy) is 3. The molecule has 0 heterocycles. The van der Waals surface area contributed by atoms with Crippen LogP contribution in [0.4, 0.5) is 4.39 Å². The van der Waals surface area contributed by atoms with Crippen LogP contribution < -0.4 is 19.5 Å². The Morgan fingerprint density at radius 3 is 2.46 bits per heavy atom. The van der Waals surface area contributed by atoms with Gasteiger partial charge in [-0.2, -0.15) is 0 Å². The fourth-order valence-electron chi connectivity index (χ4n) is 2.39. The van der Waals surface area contributed by atoms with Crippen molar-refractivity contribution in [1.29, 1.82) is 0 Å². The first-order chi connectivity index (χ1) is 12.5. The zero-order valence-corrected chi connectivity index (χ0v) is 15.0. The molecule has 2 rings (SSSR count). The SMILES string of the molecule is C=CCOc1ccc(C(=O)NC(C)c2ccc(OC)c(F)c2)cc1OC. The Bertz CT molecular complexity index is 791. The summed E-state index contributed by atoms with van der Waals surface area (Å²) in [6, 6.07) is 9.09. The van der Waals surface area contributed by atoms with Crippen LogP contribution in [-0.4, -0.2) is 26.7 Å². The molecular formula is C20H22FNO4. The Labute approximate surface area is 152 Å². The van der Waals surface area contributed by atoms with Crippen molar-refractivity contribution in [1.82, 2.24) is 5.32 Å². The quantitative estimate of drug-likeness (QED) is 0.727. The summed E-state index contributed by atoms with van der Waals surface area (Å²) in [6.07, 6.45) is 1.62. The highest BCUT2D eigenvalue weighted by Gasteiger charge is 2.15. The van der Waals surface area contributed by atoms with Crippen LogP contribution in [-0.2, 0) is 0 Å². The van der Waals surface area contributed by atoms with E-state index in [2.05, 4.69) is 11.9 Å². The third-order valence-corrected chi connectivity index (χ3v) is 3.81. The minimum absolute atomic E-state index is 0.159. The molecule has 0 bridgehead atoms. The highest BCUT2D eigenvalue weighted by molar-refractivity contribution is 5.95. The second-order valence-corrected chi connectivity index (χ2v) is 5.55. The average Bonchev–Trinajstić information content (AvgIpc) is 2.65. The second-order valence-electron chi connectivity index (χ2n) is 5.55. The van der Waals surface area contributed by atoms with Gasteiger partial charge < -0.3 is 19.5 Å². The molecule has 138 valence electrons. The van der Waals surface area contributed by atoms with E-state index in [1.54, 1.807) is 37.3 Å². The summed E-state index contributed by atoms with van der Waals surface area (Å²) in [6.45, 7) is 5.70. The number of halogens is 1. The van der Waals surface area contributed by atoms with Crippen molar-refractivity contribution < 1.29 is 23.4 Å². The zero-order valence-electron chi connectivity index (χ0n) is 15.0. The van der Waals surface area contributed by atoms with Gasteiger partial charge in [0.2, 0.25) is 0 Å². The van der Waals surface area contributed by atoms with Crippen LogP contribution in [0.1, 0.15) is 28.9 Å². The summed E-state index contributed by atoms with van der Waals surface area (Å²) in [5.41, 5.74) is 1.04. The molecule has 2 aromatic rings. The number of carbonyl (C=O) groups is 1. The van der Waals surface area contributed by atoms with Crippen LogP contribution in [0, 0.1) is 5.82 Å². The summed E-state index contributed by atoms with van der Waals surface area (Å²) in [4.78, 5) is 12.5. The molecule has 1 atom stereocenters. The fourth-order valence-corrected chi connectivity index (χ4v) is 2.39. The monoisotopic (exact) mass is 359 g/mol. The van der Waals surface area contributed by atoms with Gasteiger partial charge >= 0.3 is 0 Å². The van der Waals surface area contributed by atoms with Crippen LogP contribution in [0.25, 0.3) is 0 Å². The van der Waals surface area contributed by atoms with Gasteiger partial charge in [-0.3, -0.25) is 4.79 Å². The zero-order chi connectivity index (χ0) is 19.1. The minimum Gasteiger partial charge on any atom is -0.494 e. The van der Waals surface area contributed by atoms with E-state index in [-0.39, 0.29) is 17.7 Å². The maximum absolute atomic E-state index is 13.8. The molecular weight excluding hydrogens is 337 g/mol. The third kappa shape index (κ3) is 4.53. The fraction of sp³-hybridized carbons (Fsp3) is 0.250. The van der Waals surface area contributed by atoms with E-state index in [9.17, 15) is 9.18 Å². The van der Waals surface area contributed by atoms with Gasteiger partial charge in [-0.15, -0.1) is 0 Å². The molecule has 0 aliphatic heterocycles. The molecule has 0 aliphatic carbocycles.